The zero-order chi connectivity index (χ0) is 14.5. The third-order valence-electron chi connectivity index (χ3n) is 2.95. The number of carbonyl (C=O) groups excluding carboxylic acids is 2. The van der Waals surface area contributed by atoms with Crippen LogP contribution in [0.3, 0.4) is 0 Å². The van der Waals surface area contributed by atoms with E-state index >= 15 is 0 Å². The molecule has 1 aromatic heterocycles. The van der Waals surface area contributed by atoms with Gasteiger partial charge < -0.3 is 9.64 Å². The van der Waals surface area contributed by atoms with Gasteiger partial charge in [-0.25, -0.2) is 4.98 Å². The van der Waals surface area contributed by atoms with Gasteiger partial charge in [0, 0.05) is 11.4 Å². The van der Waals surface area contributed by atoms with E-state index in [1.54, 1.807) is 11.8 Å². The van der Waals surface area contributed by atoms with Crippen LogP contribution in [0.1, 0.15) is 30.5 Å². The van der Waals surface area contributed by atoms with E-state index in [-0.39, 0.29) is 30.9 Å². The zero-order valence-electron chi connectivity index (χ0n) is 11.3. The number of hydrogen-bond acceptors (Lipinski definition) is 5. The van der Waals surface area contributed by atoms with Crippen LogP contribution in [-0.2, 0) is 26.6 Å². The molecule has 0 spiro atoms. The highest BCUT2D eigenvalue weighted by Crippen LogP contribution is 2.27. The highest BCUT2D eigenvalue weighted by molar-refractivity contribution is 7.09. The van der Waals surface area contributed by atoms with Crippen LogP contribution in [0.4, 0.5) is 0 Å². The van der Waals surface area contributed by atoms with E-state index in [9.17, 15) is 9.59 Å². The second-order valence-electron chi connectivity index (χ2n) is 4.60. The number of aromatic nitrogens is 1. The third-order valence-corrected chi connectivity index (χ3v) is 4.12. The first-order chi connectivity index (χ1) is 9.63. The van der Waals surface area contributed by atoms with Gasteiger partial charge in [-0.05, 0) is 19.8 Å². The quantitative estimate of drug-likeness (QED) is 0.570. The summed E-state index contributed by atoms with van der Waals surface area (Å²) in [6.45, 7) is 2.12. The highest BCUT2D eigenvalue weighted by atomic mass is 35.5. The lowest BCUT2D eigenvalue weighted by Gasteiger charge is -2.20. The standard InChI is InChI=1S/C13H17ClN2O3S/c1-2-19-13(18)7-16(10-3-4-10)12(17)5-11-15-9(6-14)8-20-11/h8,10H,2-7H2,1H3. The fourth-order valence-electron chi connectivity index (χ4n) is 1.88. The number of carbonyl (C=O) groups is 2. The van der Waals surface area contributed by atoms with Crippen molar-refractivity contribution in [3.63, 3.8) is 0 Å². The summed E-state index contributed by atoms with van der Waals surface area (Å²) in [6, 6.07) is 0.180. The van der Waals surface area contributed by atoms with Gasteiger partial charge in [0.1, 0.15) is 11.6 Å². The fourth-order valence-corrected chi connectivity index (χ4v) is 2.89. The van der Waals surface area contributed by atoms with Crippen molar-refractivity contribution in [1.29, 1.82) is 0 Å². The maximum atomic E-state index is 12.3. The van der Waals surface area contributed by atoms with Crippen LogP contribution in [0.15, 0.2) is 5.38 Å². The van der Waals surface area contributed by atoms with Crippen LogP contribution in [-0.4, -0.2) is 41.0 Å². The van der Waals surface area contributed by atoms with E-state index in [2.05, 4.69) is 4.98 Å². The minimum atomic E-state index is -0.353. The van der Waals surface area contributed by atoms with Crippen LogP contribution in [0, 0.1) is 0 Å². The molecule has 0 bridgehead atoms. The van der Waals surface area contributed by atoms with Gasteiger partial charge >= 0.3 is 5.97 Å². The molecule has 0 aromatic carbocycles. The SMILES string of the molecule is CCOC(=O)CN(C(=O)Cc1nc(CCl)cs1)C1CC1. The van der Waals surface area contributed by atoms with Gasteiger partial charge in [0.15, 0.2) is 0 Å². The van der Waals surface area contributed by atoms with Crippen LogP contribution in [0.25, 0.3) is 0 Å². The van der Waals surface area contributed by atoms with Gasteiger partial charge in [0.2, 0.25) is 5.91 Å². The van der Waals surface area contributed by atoms with Crippen LogP contribution in [0.5, 0.6) is 0 Å². The Bertz CT molecular complexity index is 488. The molecule has 1 saturated carbocycles. The Balaban J connectivity index is 1.94. The van der Waals surface area contributed by atoms with Crippen LogP contribution in [0.2, 0.25) is 0 Å². The number of thiazole rings is 1. The Morgan fingerprint density at radius 3 is 2.85 bits per heavy atom. The van der Waals surface area contributed by atoms with Gasteiger partial charge in [0.05, 0.1) is 24.6 Å². The van der Waals surface area contributed by atoms with Gasteiger partial charge in [-0.2, -0.15) is 0 Å². The van der Waals surface area contributed by atoms with E-state index < -0.39 is 0 Å². The summed E-state index contributed by atoms with van der Waals surface area (Å²) in [7, 11) is 0. The predicted octanol–water partition coefficient (Wildman–Crippen LogP) is 1.98. The first-order valence-electron chi connectivity index (χ1n) is 6.58. The third kappa shape index (κ3) is 4.18. The fraction of sp³-hybridized carbons (Fsp3) is 0.615. The Kier molecular flexibility index (Phi) is 5.37. The highest BCUT2D eigenvalue weighted by Gasteiger charge is 2.34. The van der Waals surface area contributed by atoms with Crippen molar-refractivity contribution in [2.24, 2.45) is 0 Å². The van der Waals surface area contributed by atoms with Gasteiger partial charge in [-0.3, -0.25) is 9.59 Å². The molecular formula is C13H17ClN2O3S. The van der Waals surface area contributed by atoms with Gasteiger partial charge in [-0.1, -0.05) is 0 Å². The van der Waals surface area contributed by atoms with Crippen molar-refractivity contribution in [3.8, 4) is 0 Å². The Morgan fingerprint density at radius 2 is 2.30 bits per heavy atom. The molecule has 2 rings (SSSR count). The molecule has 20 heavy (non-hydrogen) atoms. The second kappa shape index (κ2) is 7.04. The Labute approximate surface area is 126 Å². The lowest BCUT2D eigenvalue weighted by Crippen LogP contribution is -2.39. The van der Waals surface area contributed by atoms with E-state index in [4.69, 9.17) is 16.3 Å². The van der Waals surface area contributed by atoms with Crippen molar-refractivity contribution in [2.45, 2.75) is 38.1 Å². The lowest BCUT2D eigenvalue weighted by atomic mass is 10.3. The predicted molar refractivity (Wildman–Crippen MR) is 76.7 cm³/mol. The van der Waals surface area contributed by atoms with Crippen LogP contribution < -0.4 is 0 Å². The normalized spacial score (nSPS) is 14.1. The number of alkyl halides is 1. The molecule has 1 amide bonds. The molecule has 1 aromatic rings. The van der Waals surface area contributed by atoms with Crippen molar-refractivity contribution in [3.05, 3.63) is 16.1 Å². The minimum Gasteiger partial charge on any atom is -0.465 e. The van der Waals surface area contributed by atoms with E-state index in [1.165, 1.54) is 11.3 Å². The number of halogens is 1. The minimum absolute atomic E-state index is 0.0328. The average molecular weight is 317 g/mol. The summed E-state index contributed by atoms with van der Waals surface area (Å²) in [4.78, 5) is 29.7. The van der Waals surface area contributed by atoms with E-state index in [1.807, 2.05) is 5.38 Å². The molecule has 0 unspecified atom stereocenters. The summed E-state index contributed by atoms with van der Waals surface area (Å²) in [5.74, 6) is -0.0794. The monoisotopic (exact) mass is 316 g/mol. The molecular weight excluding hydrogens is 300 g/mol. The zero-order valence-corrected chi connectivity index (χ0v) is 12.9. The number of hydrogen-bond donors (Lipinski definition) is 0. The van der Waals surface area contributed by atoms with Crippen LogP contribution >= 0.6 is 22.9 Å². The second-order valence-corrected chi connectivity index (χ2v) is 5.81. The molecule has 0 atom stereocenters. The molecule has 0 N–H and O–H groups in total. The molecule has 110 valence electrons. The maximum Gasteiger partial charge on any atom is 0.325 e. The first-order valence-corrected chi connectivity index (χ1v) is 7.99. The van der Waals surface area contributed by atoms with Gasteiger partial charge in [0.25, 0.3) is 0 Å². The lowest BCUT2D eigenvalue weighted by molar-refractivity contribution is -0.149. The molecule has 1 aliphatic rings. The molecule has 1 fully saturated rings. The molecule has 1 aliphatic carbocycles. The first kappa shape index (κ1) is 15.3. The number of amides is 1. The number of nitrogens with zero attached hydrogens (tertiary/aromatic N) is 2. The van der Waals surface area contributed by atoms with Crippen molar-refractivity contribution in [2.75, 3.05) is 13.2 Å². The number of ether oxygens (including phenoxy) is 1. The smallest absolute Gasteiger partial charge is 0.325 e. The van der Waals surface area contributed by atoms with Crippen molar-refractivity contribution >= 4 is 34.8 Å². The summed E-state index contributed by atoms with van der Waals surface area (Å²) >= 11 is 7.11. The molecule has 0 radical (unpaired) electrons. The topological polar surface area (TPSA) is 59.5 Å². The summed E-state index contributed by atoms with van der Waals surface area (Å²) < 4.78 is 4.91. The molecule has 1 heterocycles. The number of esters is 1. The molecule has 7 heteroatoms. The largest absolute Gasteiger partial charge is 0.465 e. The van der Waals surface area contributed by atoms with Crippen molar-refractivity contribution in [1.82, 2.24) is 9.88 Å². The molecule has 5 nitrogen and oxygen atoms in total. The van der Waals surface area contributed by atoms with Crippen molar-refractivity contribution < 1.29 is 14.3 Å². The Hall–Kier alpha value is -1.14. The number of rotatable bonds is 7. The van der Waals surface area contributed by atoms with E-state index in [0.717, 1.165) is 23.5 Å². The van der Waals surface area contributed by atoms with Gasteiger partial charge in [-0.15, -0.1) is 22.9 Å². The Morgan fingerprint density at radius 1 is 1.55 bits per heavy atom. The average Bonchev–Trinajstić information content (AvgIpc) is 3.16. The molecule has 0 aliphatic heterocycles. The summed E-state index contributed by atoms with van der Waals surface area (Å²) in [6.07, 6.45) is 2.13. The van der Waals surface area contributed by atoms with E-state index in [0.29, 0.717) is 12.5 Å². The summed E-state index contributed by atoms with van der Waals surface area (Å²) in [5.41, 5.74) is 0.780. The summed E-state index contributed by atoms with van der Waals surface area (Å²) in [5, 5.41) is 2.59. The molecule has 0 saturated heterocycles. The maximum absolute atomic E-state index is 12.3.